The summed E-state index contributed by atoms with van der Waals surface area (Å²) in [5.74, 6) is -0.357. The third kappa shape index (κ3) is 3.88. The number of rotatable bonds is 5. The predicted octanol–water partition coefficient (Wildman–Crippen LogP) is 5.19. The summed E-state index contributed by atoms with van der Waals surface area (Å²) in [4.78, 5) is 12.8. The molecule has 2 N–H and O–H groups in total. The number of carbonyl (C=O) groups is 1. The highest BCUT2D eigenvalue weighted by molar-refractivity contribution is 6.10. The van der Waals surface area contributed by atoms with Gasteiger partial charge in [0.15, 0.2) is 0 Å². The maximum absolute atomic E-state index is 12.8. The molecule has 2 aromatic heterocycles. The van der Waals surface area contributed by atoms with Crippen molar-refractivity contribution in [1.82, 2.24) is 25.4 Å². The fraction of sp³-hybridized carbons (Fsp3) is 0.111. The molecule has 0 saturated carbocycles. The molecular formula is C27H24N6O. The van der Waals surface area contributed by atoms with Gasteiger partial charge in [-0.25, -0.2) is 10.1 Å². The number of H-pyrrole nitrogens is 1. The number of benzene rings is 3. The van der Waals surface area contributed by atoms with Gasteiger partial charge in [-0.1, -0.05) is 60.7 Å². The average Bonchev–Trinajstić information content (AvgIpc) is 3.46. The third-order valence-electron chi connectivity index (χ3n) is 5.88. The number of aromatic nitrogens is 4. The average molecular weight is 449 g/mol. The van der Waals surface area contributed by atoms with Gasteiger partial charge >= 0.3 is 0 Å². The van der Waals surface area contributed by atoms with Crippen LogP contribution in [0.3, 0.4) is 0 Å². The highest BCUT2D eigenvalue weighted by Gasteiger charge is 2.19. The highest BCUT2D eigenvalue weighted by Crippen LogP contribution is 2.27. The molecule has 5 rings (SSSR count). The predicted molar refractivity (Wildman–Crippen MR) is 134 cm³/mol. The molecule has 2 heterocycles. The summed E-state index contributed by atoms with van der Waals surface area (Å²) in [7, 11) is 0. The second kappa shape index (κ2) is 8.78. The van der Waals surface area contributed by atoms with E-state index in [4.69, 9.17) is 0 Å². The molecule has 3 aromatic carbocycles. The van der Waals surface area contributed by atoms with Crippen LogP contribution in [0.4, 0.5) is 0 Å². The summed E-state index contributed by atoms with van der Waals surface area (Å²) in [6.45, 7) is 5.81. The van der Waals surface area contributed by atoms with Gasteiger partial charge in [0.25, 0.3) is 5.91 Å². The Labute approximate surface area is 197 Å². The van der Waals surface area contributed by atoms with Crippen molar-refractivity contribution in [2.45, 2.75) is 20.8 Å². The lowest BCUT2D eigenvalue weighted by Gasteiger charge is -2.06. The van der Waals surface area contributed by atoms with Crippen LogP contribution < -0.4 is 5.43 Å². The number of para-hydroxylation sites is 1. The molecule has 0 aliphatic carbocycles. The highest BCUT2D eigenvalue weighted by atomic mass is 16.2. The largest absolute Gasteiger partial charge is 0.289 e. The number of nitrogens with zero attached hydrogens (tertiary/aromatic N) is 4. The first kappa shape index (κ1) is 21.3. The molecule has 0 unspecified atom stereocenters. The molecule has 0 radical (unpaired) electrons. The minimum Gasteiger partial charge on any atom is -0.272 e. The van der Waals surface area contributed by atoms with E-state index in [0.29, 0.717) is 11.4 Å². The van der Waals surface area contributed by atoms with Crippen LogP contribution >= 0.6 is 0 Å². The first-order valence-electron chi connectivity index (χ1n) is 11.0. The van der Waals surface area contributed by atoms with Crippen molar-refractivity contribution < 1.29 is 4.79 Å². The van der Waals surface area contributed by atoms with Crippen LogP contribution in [0.25, 0.3) is 27.7 Å². The van der Waals surface area contributed by atoms with E-state index in [-0.39, 0.29) is 5.91 Å². The summed E-state index contributed by atoms with van der Waals surface area (Å²) in [6.07, 6.45) is 0. The molecule has 0 bridgehead atoms. The van der Waals surface area contributed by atoms with E-state index in [1.54, 1.807) is 6.07 Å². The molecule has 7 heteroatoms. The van der Waals surface area contributed by atoms with Crippen molar-refractivity contribution >= 4 is 22.4 Å². The Kier molecular flexibility index (Phi) is 5.51. The lowest BCUT2D eigenvalue weighted by molar-refractivity contribution is 0.0950. The van der Waals surface area contributed by atoms with Gasteiger partial charge in [-0.05, 0) is 49.7 Å². The minimum absolute atomic E-state index is 0.329. The Morgan fingerprint density at radius 1 is 0.971 bits per heavy atom. The maximum Gasteiger partial charge on any atom is 0.289 e. The van der Waals surface area contributed by atoms with Gasteiger partial charge in [-0.2, -0.15) is 15.3 Å². The molecule has 168 valence electrons. The maximum atomic E-state index is 12.8. The topological polar surface area (TPSA) is 88.0 Å². The van der Waals surface area contributed by atoms with E-state index < -0.39 is 0 Å². The molecule has 34 heavy (non-hydrogen) atoms. The summed E-state index contributed by atoms with van der Waals surface area (Å²) in [5, 5.41) is 18.4. The first-order chi connectivity index (χ1) is 16.5. The van der Waals surface area contributed by atoms with E-state index in [9.17, 15) is 4.79 Å². The van der Waals surface area contributed by atoms with Crippen molar-refractivity contribution in [3.8, 4) is 16.9 Å². The van der Waals surface area contributed by atoms with Crippen LogP contribution in [-0.2, 0) is 0 Å². The van der Waals surface area contributed by atoms with Crippen molar-refractivity contribution in [1.29, 1.82) is 0 Å². The van der Waals surface area contributed by atoms with Gasteiger partial charge in [-0.3, -0.25) is 9.89 Å². The number of aromatic amines is 1. The molecule has 0 aliphatic heterocycles. The summed E-state index contributed by atoms with van der Waals surface area (Å²) >= 11 is 0. The quantitative estimate of drug-likeness (QED) is 0.287. The zero-order chi connectivity index (χ0) is 23.7. The number of carbonyl (C=O) groups excluding carboxylic acids is 1. The van der Waals surface area contributed by atoms with Gasteiger partial charge in [0.2, 0.25) is 0 Å². The Morgan fingerprint density at radius 3 is 2.53 bits per heavy atom. The number of amides is 1. The molecule has 0 fully saturated rings. The van der Waals surface area contributed by atoms with E-state index in [0.717, 1.165) is 44.7 Å². The molecule has 5 aromatic rings. The molecule has 0 saturated heterocycles. The fourth-order valence-electron chi connectivity index (χ4n) is 4.20. The lowest BCUT2D eigenvalue weighted by atomic mass is 10.0. The van der Waals surface area contributed by atoms with Crippen molar-refractivity contribution in [3.05, 3.63) is 102 Å². The second-order valence-electron chi connectivity index (χ2n) is 8.12. The fourth-order valence-corrected chi connectivity index (χ4v) is 4.20. The smallest absolute Gasteiger partial charge is 0.272 e. The monoisotopic (exact) mass is 448 g/mol. The number of hydrogen-bond acceptors (Lipinski definition) is 4. The summed E-state index contributed by atoms with van der Waals surface area (Å²) in [6, 6.07) is 25.8. The Hall–Kier alpha value is -4.52. The summed E-state index contributed by atoms with van der Waals surface area (Å²) < 4.78 is 1.89. The Morgan fingerprint density at radius 2 is 1.71 bits per heavy atom. The van der Waals surface area contributed by atoms with Gasteiger partial charge in [0.1, 0.15) is 5.69 Å². The Balaban J connectivity index is 1.38. The third-order valence-corrected chi connectivity index (χ3v) is 5.88. The van der Waals surface area contributed by atoms with Crippen LogP contribution in [0.1, 0.15) is 34.4 Å². The van der Waals surface area contributed by atoms with Crippen molar-refractivity contribution in [3.63, 3.8) is 0 Å². The standard InChI is InChI=1S/C27H24N6O/c1-17(22-15-9-11-20-10-7-8-14-23(20)22)28-31-27(34)25-16-24(29-30-25)26-18(2)32-33(19(26)3)21-12-5-4-6-13-21/h4-16H,1-3H3,(H,29,30)(H,31,34)/b28-17+. The first-order valence-corrected chi connectivity index (χ1v) is 11.0. The van der Waals surface area contributed by atoms with Crippen LogP contribution in [0.2, 0.25) is 0 Å². The number of aryl methyl sites for hydroxylation is 1. The number of hydrogen-bond donors (Lipinski definition) is 2. The second-order valence-corrected chi connectivity index (χ2v) is 8.12. The molecule has 0 aliphatic rings. The normalized spacial score (nSPS) is 11.7. The van der Waals surface area contributed by atoms with Crippen LogP contribution in [0, 0.1) is 13.8 Å². The number of nitrogens with one attached hydrogen (secondary N) is 2. The number of fused-ring (bicyclic) bond motifs is 1. The van der Waals surface area contributed by atoms with Crippen molar-refractivity contribution in [2.24, 2.45) is 5.10 Å². The minimum atomic E-state index is -0.357. The molecule has 0 atom stereocenters. The van der Waals surface area contributed by atoms with E-state index in [1.807, 2.05) is 86.1 Å². The molecule has 0 spiro atoms. The van der Waals surface area contributed by atoms with E-state index >= 15 is 0 Å². The van der Waals surface area contributed by atoms with Gasteiger partial charge < -0.3 is 0 Å². The zero-order valence-electron chi connectivity index (χ0n) is 19.2. The number of hydrazone groups is 1. The lowest BCUT2D eigenvalue weighted by Crippen LogP contribution is -2.19. The van der Waals surface area contributed by atoms with Gasteiger partial charge in [-0.15, -0.1) is 0 Å². The summed E-state index contributed by atoms with van der Waals surface area (Å²) in [5.41, 5.74) is 8.99. The molecular weight excluding hydrogens is 424 g/mol. The van der Waals surface area contributed by atoms with E-state index in [2.05, 4.69) is 38.0 Å². The van der Waals surface area contributed by atoms with Crippen LogP contribution in [0.15, 0.2) is 84.0 Å². The van der Waals surface area contributed by atoms with Crippen LogP contribution in [-0.4, -0.2) is 31.6 Å². The SMILES string of the molecule is C/C(=N\NC(=O)c1cc(-c2c(C)nn(-c3ccccc3)c2C)n[nH]1)c1cccc2ccccc12. The Bertz CT molecular complexity index is 1520. The van der Waals surface area contributed by atoms with Gasteiger partial charge in [0.05, 0.1) is 28.5 Å². The van der Waals surface area contributed by atoms with Gasteiger partial charge in [0, 0.05) is 11.1 Å². The molecule has 1 amide bonds. The molecule has 7 nitrogen and oxygen atoms in total. The van der Waals surface area contributed by atoms with E-state index in [1.165, 1.54) is 0 Å². The van der Waals surface area contributed by atoms with Crippen LogP contribution in [0.5, 0.6) is 0 Å². The zero-order valence-corrected chi connectivity index (χ0v) is 19.2. The van der Waals surface area contributed by atoms with Crippen molar-refractivity contribution in [2.75, 3.05) is 0 Å².